The van der Waals surface area contributed by atoms with Gasteiger partial charge in [-0.2, -0.15) is 0 Å². The standard InChI is InChI=1S/C4Cl4F2/c5-3(6)1(9)2(10)4(3,7)8. The summed E-state index contributed by atoms with van der Waals surface area (Å²) in [6, 6.07) is 0. The molecule has 0 N–H and O–H groups in total. The second-order valence-corrected chi connectivity index (χ2v) is 4.43. The number of hydrogen-bond donors (Lipinski definition) is 0. The number of halogens is 6. The lowest BCUT2D eigenvalue weighted by atomic mass is 10.1. The van der Waals surface area contributed by atoms with Crippen molar-refractivity contribution >= 4 is 46.4 Å². The molecule has 0 fully saturated rings. The third-order valence-electron chi connectivity index (χ3n) is 1.14. The minimum Gasteiger partial charge on any atom is -0.205 e. The fourth-order valence-corrected chi connectivity index (χ4v) is 1.15. The maximum atomic E-state index is 12.3. The van der Waals surface area contributed by atoms with E-state index < -0.39 is 20.3 Å². The molecular weight excluding hydrogens is 228 g/mol. The summed E-state index contributed by atoms with van der Waals surface area (Å²) in [5.74, 6) is -2.64. The molecule has 0 heterocycles. The highest BCUT2D eigenvalue weighted by molar-refractivity contribution is 6.66. The quantitative estimate of drug-likeness (QED) is 0.556. The zero-order chi connectivity index (χ0) is 8.15. The predicted octanol–water partition coefficient (Wildman–Crippen LogP) is 3.50. The summed E-state index contributed by atoms with van der Waals surface area (Å²) in [6.45, 7) is 0. The minimum absolute atomic E-state index is 1.32. The summed E-state index contributed by atoms with van der Waals surface area (Å²) in [7, 11) is 0. The lowest BCUT2D eigenvalue weighted by Crippen LogP contribution is -2.47. The van der Waals surface area contributed by atoms with Crippen molar-refractivity contribution in [3.63, 3.8) is 0 Å². The van der Waals surface area contributed by atoms with Crippen LogP contribution >= 0.6 is 46.4 Å². The van der Waals surface area contributed by atoms with Gasteiger partial charge in [0.2, 0.25) is 8.67 Å². The van der Waals surface area contributed by atoms with Crippen molar-refractivity contribution < 1.29 is 8.78 Å². The smallest absolute Gasteiger partial charge is 0.205 e. The highest BCUT2D eigenvalue weighted by atomic mass is 35.5. The SMILES string of the molecule is FC1=C(F)C(Cl)(Cl)C1(Cl)Cl. The first-order valence-electron chi connectivity index (χ1n) is 2.13. The molecule has 0 saturated carbocycles. The first kappa shape index (κ1) is 8.85. The second kappa shape index (κ2) is 2.13. The van der Waals surface area contributed by atoms with Gasteiger partial charge >= 0.3 is 0 Å². The number of rotatable bonds is 0. The van der Waals surface area contributed by atoms with Crippen LogP contribution in [-0.4, -0.2) is 8.67 Å². The highest BCUT2D eigenvalue weighted by Gasteiger charge is 2.65. The van der Waals surface area contributed by atoms with E-state index in [9.17, 15) is 8.78 Å². The van der Waals surface area contributed by atoms with Gasteiger partial charge in [0.1, 0.15) is 0 Å². The highest BCUT2D eigenvalue weighted by Crippen LogP contribution is 2.62. The fraction of sp³-hybridized carbons (Fsp3) is 0.500. The van der Waals surface area contributed by atoms with E-state index in [0.29, 0.717) is 0 Å². The monoisotopic (exact) mass is 226 g/mol. The number of alkyl halides is 4. The molecule has 0 aromatic heterocycles. The molecule has 0 aliphatic heterocycles. The topological polar surface area (TPSA) is 0 Å². The van der Waals surface area contributed by atoms with Gasteiger partial charge in [-0.05, 0) is 0 Å². The van der Waals surface area contributed by atoms with Crippen molar-refractivity contribution in [3.05, 3.63) is 11.7 Å². The summed E-state index contributed by atoms with van der Waals surface area (Å²) < 4.78 is 20.2. The van der Waals surface area contributed by atoms with Gasteiger partial charge in [0.25, 0.3) is 0 Å². The summed E-state index contributed by atoms with van der Waals surface area (Å²) in [5.41, 5.74) is 0. The van der Waals surface area contributed by atoms with Crippen molar-refractivity contribution in [1.29, 1.82) is 0 Å². The molecule has 0 spiro atoms. The Balaban J connectivity index is 3.10. The van der Waals surface area contributed by atoms with E-state index in [1.54, 1.807) is 0 Å². The van der Waals surface area contributed by atoms with Gasteiger partial charge < -0.3 is 0 Å². The van der Waals surface area contributed by atoms with Crippen molar-refractivity contribution in [2.45, 2.75) is 8.67 Å². The molecule has 0 amide bonds. The van der Waals surface area contributed by atoms with Gasteiger partial charge in [-0.3, -0.25) is 0 Å². The molecule has 1 rings (SSSR count). The number of hydrogen-bond acceptors (Lipinski definition) is 0. The molecule has 0 unspecified atom stereocenters. The first-order valence-corrected chi connectivity index (χ1v) is 3.65. The Hall–Kier alpha value is 0.760. The Morgan fingerprint density at radius 3 is 1.10 bits per heavy atom. The number of allylic oxidation sites excluding steroid dienone is 2. The van der Waals surface area contributed by atoms with Crippen molar-refractivity contribution in [1.82, 2.24) is 0 Å². The van der Waals surface area contributed by atoms with Crippen LogP contribution in [0.25, 0.3) is 0 Å². The van der Waals surface area contributed by atoms with Crippen LogP contribution in [0.5, 0.6) is 0 Å². The van der Waals surface area contributed by atoms with Gasteiger partial charge in [0, 0.05) is 0 Å². The Bertz CT molecular complexity index is 185. The van der Waals surface area contributed by atoms with E-state index in [1.807, 2.05) is 0 Å². The molecule has 0 atom stereocenters. The summed E-state index contributed by atoms with van der Waals surface area (Å²) in [6.07, 6.45) is 0. The minimum atomic E-state index is -2.14. The Kier molecular flexibility index (Phi) is 1.88. The first-order chi connectivity index (χ1) is 4.32. The van der Waals surface area contributed by atoms with Gasteiger partial charge in [-0.1, -0.05) is 46.4 Å². The molecule has 58 valence electrons. The van der Waals surface area contributed by atoms with E-state index >= 15 is 0 Å². The van der Waals surface area contributed by atoms with Crippen LogP contribution in [0.15, 0.2) is 11.7 Å². The van der Waals surface area contributed by atoms with Crippen molar-refractivity contribution in [2.24, 2.45) is 0 Å². The largest absolute Gasteiger partial charge is 0.211 e. The Morgan fingerprint density at radius 1 is 0.800 bits per heavy atom. The van der Waals surface area contributed by atoms with E-state index in [2.05, 4.69) is 0 Å². The molecule has 1 aliphatic carbocycles. The third kappa shape index (κ3) is 0.795. The molecule has 0 aromatic carbocycles. The van der Waals surface area contributed by atoms with Crippen LogP contribution in [0.4, 0.5) is 8.78 Å². The van der Waals surface area contributed by atoms with Crippen LogP contribution in [0, 0.1) is 0 Å². The lowest BCUT2D eigenvalue weighted by molar-refractivity contribution is 0.390. The van der Waals surface area contributed by atoms with Gasteiger partial charge in [0.15, 0.2) is 11.7 Å². The van der Waals surface area contributed by atoms with Crippen molar-refractivity contribution in [2.75, 3.05) is 0 Å². The zero-order valence-corrected chi connectivity index (χ0v) is 7.29. The molecule has 0 radical (unpaired) electrons. The van der Waals surface area contributed by atoms with Crippen LogP contribution < -0.4 is 0 Å². The third-order valence-corrected chi connectivity index (χ3v) is 3.32. The van der Waals surface area contributed by atoms with E-state index in [0.717, 1.165) is 0 Å². The lowest BCUT2D eigenvalue weighted by Gasteiger charge is -2.38. The molecule has 0 bridgehead atoms. The fourth-order valence-electron chi connectivity index (χ4n) is 0.489. The van der Waals surface area contributed by atoms with Crippen LogP contribution in [0.3, 0.4) is 0 Å². The molecule has 1 aliphatic rings. The van der Waals surface area contributed by atoms with Crippen LogP contribution in [0.2, 0.25) is 0 Å². The van der Waals surface area contributed by atoms with E-state index in [1.165, 1.54) is 0 Å². The van der Waals surface area contributed by atoms with Crippen LogP contribution in [-0.2, 0) is 0 Å². The molecular formula is C4Cl4F2. The van der Waals surface area contributed by atoms with E-state index in [4.69, 9.17) is 46.4 Å². The molecule has 0 nitrogen and oxygen atoms in total. The summed E-state index contributed by atoms with van der Waals surface area (Å²) >= 11 is 20.7. The zero-order valence-electron chi connectivity index (χ0n) is 4.27. The molecule has 10 heavy (non-hydrogen) atoms. The maximum absolute atomic E-state index is 12.3. The average Bonchev–Trinajstić information content (AvgIpc) is 1.84. The van der Waals surface area contributed by atoms with Gasteiger partial charge in [0.05, 0.1) is 0 Å². The summed E-state index contributed by atoms with van der Waals surface area (Å²) in [4.78, 5) is 0. The molecule has 6 heteroatoms. The second-order valence-electron chi connectivity index (χ2n) is 1.78. The molecule has 0 aromatic rings. The van der Waals surface area contributed by atoms with E-state index in [-0.39, 0.29) is 0 Å². The maximum Gasteiger partial charge on any atom is 0.211 e. The Morgan fingerprint density at radius 2 is 1.00 bits per heavy atom. The van der Waals surface area contributed by atoms with Gasteiger partial charge in [-0.15, -0.1) is 0 Å². The molecule has 0 saturated heterocycles. The van der Waals surface area contributed by atoms with Crippen molar-refractivity contribution in [3.8, 4) is 0 Å². The van der Waals surface area contributed by atoms with Crippen LogP contribution in [0.1, 0.15) is 0 Å². The normalized spacial score (nSPS) is 28.2. The van der Waals surface area contributed by atoms with Gasteiger partial charge in [-0.25, -0.2) is 8.78 Å². The Labute approximate surface area is 75.7 Å². The summed E-state index contributed by atoms with van der Waals surface area (Å²) in [5, 5.41) is 0. The predicted molar refractivity (Wildman–Crippen MR) is 38.1 cm³/mol. The average molecular weight is 228 g/mol.